The van der Waals surface area contributed by atoms with Crippen LogP contribution in [-0.2, 0) is 5.41 Å². The number of fused-ring (bicyclic) bond motifs is 2. The first-order valence-corrected chi connectivity index (χ1v) is 12.8. The van der Waals surface area contributed by atoms with Gasteiger partial charge in [-0.05, 0) is 71.9 Å². The van der Waals surface area contributed by atoms with Crippen molar-refractivity contribution in [3.8, 4) is 11.5 Å². The minimum Gasteiger partial charge on any atom is -0.457 e. The number of carbonyl (C=O) groups is 2. The number of piperidine rings is 1. The van der Waals surface area contributed by atoms with Crippen molar-refractivity contribution in [2.45, 2.75) is 18.3 Å². The van der Waals surface area contributed by atoms with Crippen molar-refractivity contribution in [1.82, 2.24) is 9.88 Å². The summed E-state index contributed by atoms with van der Waals surface area (Å²) < 4.78 is 5.84. The number of H-pyrrole nitrogens is 1. The lowest BCUT2D eigenvalue weighted by molar-refractivity contribution is -0.389. The molecular formula is C30H26N4O5. The minimum atomic E-state index is -0.549. The molecule has 39 heavy (non-hydrogen) atoms. The fourth-order valence-corrected chi connectivity index (χ4v) is 5.61. The minimum absolute atomic E-state index is 0.0333. The van der Waals surface area contributed by atoms with Crippen LogP contribution in [0.1, 0.15) is 39.3 Å². The molecule has 1 N–H and O–H groups in total. The molecule has 3 aromatic carbocycles. The van der Waals surface area contributed by atoms with Crippen molar-refractivity contribution < 1.29 is 19.2 Å². The van der Waals surface area contributed by atoms with Gasteiger partial charge in [0.05, 0.1) is 0 Å². The summed E-state index contributed by atoms with van der Waals surface area (Å²) in [6, 6.07) is 27.2. The normalized spacial score (nSPS) is 15.7. The van der Waals surface area contributed by atoms with Gasteiger partial charge in [0.25, 0.3) is 11.8 Å². The number of hydrogen-bond acceptors (Lipinski definition) is 5. The van der Waals surface area contributed by atoms with Gasteiger partial charge < -0.3 is 24.7 Å². The van der Waals surface area contributed by atoms with E-state index >= 15 is 0 Å². The van der Waals surface area contributed by atoms with E-state index in [1.165, 1.54) is 12.1 Å². The Labute approximate surface area is 224 Å². The van der Waals surface area contributed by atoms with Gasteiger partial charge in [-0.1, -0.05) is 36.4 Å². The predicted octanol–water partition coefficient (Wildman–Crippen LogP) is 5.55. The molecule has 0 aliphatic carbocycles. The van der Waals surface area contributed by atoms with Gasteiger partial charge >= 0.3 is 5.82 Å². The average molecular weight is 523 g/mol. The first-order chi connectivity index (χ1) is 18.9. The number of nitrogens with zero attached hydrogens (tertiary/aromatic N) is 3. The fraction of sp³-hybridized carbons (Fsp3) is 0.200. The van der Waals surface area contributed by atoms with Gasteiger partial charge in [0.2, 0.25) is 0 Å². The van der Waals surface area contributed by atoms with Crippen LogP contribution in [0.2, 0.25) is 0 Å². The Bertz CT molecular complexity index is 1540. The number of carbonyl (C=O) groups excluding carboxylic acids is 2. The molecule has 9 nitrogen and oxygen atoms in total. The topological polar surface area (TPSA) is 109 Å². The predicted molar refractivity (Wildman–Crippen MR) is 145 cm³/mol. The Morgan fingerprint density at radius 3 is 2.18 bits per heavy atom. The monoisotopic (exact) mass is 522 g/mol. The van der Waals surface area contributed by atoms with Gasteiger partial charge in [-0.15, -0.1) is 0 Å². The summed E-state index contributed by atoms with van der Waals surface area (Å²) in [6.07, 6.45) is 1.42. The van der Waals surface area contributed by atoms with E-state index < -0.39 is 4.92 Å². The number of rotatable bonds is 5. The quantitative estimate of drug-likeness (QED) is 0.273. The summed E-state index contributed by atoms with van der Waals surface area (Å²) in [4.78, 5) is 43.4. The highest BCUT2D eigenvalue weighted by Crippen LogP contribution is 2.47. The Balaban J connectivity index is 1.15. The number of likely N-dealkylation sites (tertiary alicyclic amines) is 1. The number of hydrogen-bond donors (Lipinski definition) is 1. The zero-order valence-corrected chi connectivity index (χ0v) is 21.1. The number of nitro groups is 1. The van der Waals surface area contributed by atoms with Crippen molar-refractivity contribution in [2.75, 3.05) is 24.5 Å². The highest BCUT2D eigenvalue weighted by molar-refractivity contribution is 6.07. The van der Waals surface area contributed by atoms with Crippen molar-refractivity contribution in [3.05, 3.63) is 118 Å². The van der Waals surface area contributed by atoms with E-state index in [9.17, 15) is 19.7 Å². The number of benzene rings is 3. The molecular weight excluding hydrogens is 496 g/mol. The zero-order valence-electron chi connectivity index (χ0n) is 21.1. The molecule has 0 atom stereocenters. The van der Waals surface area contributed by atoms with Gasteiger partial charge in [-0.2, -0.15) is 0 Å². The lowest BCUT2D eigenvalue weighted by atomic mass is 9.74. The van der Waals surface area contributed by atoms with Crippen LogP contribution in [0.5, 0.6) is 11.5 Å². The standard InChI is InChI=1S/C30H26N4O5/c35-28(21-10-12-23(13-11-21)39-22-6-2-1-3-7-22)32-18-16-30(17-19-32)20-33(26-9-5-4-8-24(26)30)29(36)25-14-15-27(31-25)34(37)38/h1-15,31H,16-20H2. The Kier molecular flexibility index (Phi) is 6.11. The van der Waals surface area contributed by atoms with Crippen LogP contribution in [0.4, 0.5) is 11.5 Å². The summed E-state index contributed by atoms with van der Waals surface area (Å²) in [5.74, 6) is 0.844. The molecule has 1 aromatic heterocycles. The number of amides is 2. The maximum absolute atomic E-state index is 13.4. The molecule has 0 radical (unpaired) electrons. The van der Waals surface area contributed by atoms with Gasteiger partial charge in [0, 0.05) is 42.4 Å². The van der Waals surface area contributed by atoms with Crippen LogP contribution in [-0.4, -0.2) is 46.3 Å². The van der Waals surface area contributed by atoms with Crippen LogP contribution in [0.3, 0.4) is 0 Å². The molecule has 2 aliphatic rings. The third kappa shape index (κ3) is 4.52. The molecule has 0 unspecified atom stereocenters. The molecule has 0 bridgehead atoms. The molecule has 2 amide bonds. The molecule has 9 heteroatoms. The lowest BCUT2D eigenvalue weighted by Crippen LogP contribution is -2.47. The van der Waals surface area contributed by atoms with Gasteiger partial charge in [-0.25, -0.2) is 4.98 Å². The number of aromatic nitrogens is 1. The fourth-order valence-electron chi connectivity index (χ4n) is 5.61. The summed E-state index contributed by atoms with van der Waals surface area (Å²) >= 11 is 0. The van der Waals surface area contributed by atoms with Crippen molar-refractivity contribution in [3.63, 3.8) is 0 Å². The number of ether oxygens (including phenoxy) is 1. The van der Waals surface area contributed by atoms with Crippen molar-refractivity contribution in [1.29, 1.82) is 0 Å². The van der Waals surface area contributed by atoms with Gasteiger partial charge in [0.1, 0.15) is 11.5 Å². The second kappa shape index (κ2) is 9.75. The largest absolute Gasteiger partial charge is 0.457 e. The van der Waals surface area contributed by atoms with E-state index in [-0.39, 0.29) is 28.7 Å². The van der Waals surface area contributed by atoms with Crippen molar-refractivity contribution >= 4 is 23.3 Å². The number of aromatic amines is 1. The van der Waals surface area contributed by atoms with E-state index in [2.05, 4.69) is 4.98 Å². The molecule has 3 heterocycles. The smallest absolute Gasteiger partial charge is 0.321 e. The molecule has 2 aliphatic heterocycles. The average Bonchev–Trinajstić information content (AvgIpc) is 3.59. The van der Waals surface area contributed by atoms with Crippen molar-refractivity contribution in [2.24, 2.45) is 0 Å². The molecule has 6 rings (SSSR count). The molecule has 196 valence electrons. The second-order valence-corrected chi connectivity index (χ2v) is 9.93. The molecule has 1 saturated heterocycles. The Morgan fingerprint density at radius 1 is 0.821 bits per heavy atom. The summed E-state index contributed by atoms with van der Waals surface area (Å²) in [5, 5.41) is 11.1. The van der Waals surface area contributed by atoms with E-state index in [4.69, 9.17) is 4.74 Å². The Hall–Kier alpha value is -4.92. The third-order valence-corrected chi connectivity index (χ3v) is 7.66. The molecule has 1 fully saturated rings. The van der Waals surface area contributed by atoms with E-state index in [0.29, 0.717) is 43.8 Å². The van der Waals surface area contributed by atoms with E-state index in [0.717, 1.165) is 17.0 Å². The van der Waals surface area contributed by atoms with Crippen LogP contribution in [0.15, 0.2) is 91.0 Å². The lowest BCUT2D eigenvalue weighted by Gasteiger charge is -2.40. The zero-order chi connectivity index (χ0) is 27.0. The maximum Gasteiger partial charge on any atom is 0.321 e. The van der Waals surface area contributed by atoms with E-state index in [1.54, 1.807) is 29.2 Å². The maximum atomic E-state index is 13.4. The van der Waals surface area contributed by atoms with Gasteiger partial charge in [0.15, 0.2) is 5.69 Å². The molecule has 1 spiro atoms. The van der Waals surface area contributed by atoms with Crippen LogP contribution in [0.25, 0.3) is 0 Å². The first kappa shape index (κ1) is 24.4. The highest BCUT2D eigenvalue weighted by atomic mass is 16.6. The summed E-state index contributed by atoms with van der Waals surface area (Å²) in [6.45, 7) is 1.59. The van der Waals surface area contributed by atoms with Gasteiger partial charge in [-0.3, -0.25) is 9.59 Å². The third-order valence-electron chi connectivity index (χ3n) is 7.66. The van der Waals surface area contributed by atoms with Crippen LogP contribution >= 0.6 is 0 Å². The summed E-state index contributed by atoms with van der Waals surface area (Å²) in [7, 11) is 0. The second-order valence-electron chi connectivity index (χ2n) is 9.93. The van der Waals surface area contributed by atoms with Crippen LogP contribution < -0.4 is 9.64 Å². The number of nitrogens with one attached hydrogen (secondary N) is 1. The SMILES string of the molecule is O=C(c1ccc(Oc2ccccc2)cc1)N1CCC2(CC1)CN(C(=O)c1ccc([N+](=O)[O-])[nH]1)c1ccccc12. The molecule has 0 saturated carbocycles. The molecule has 4 aromatic rings. The number of para-hydroxylation sites is 2. The first-order valence-electron chi connectivity index (χ1n) is 12.8. The summed E-state index contributed by atoms with van der Waals surface area (Å²) in [5.41, 5.74) is 2.39. The highest BCUT2D eigenvalue weighted by Gasteiger charge is 2.47. The van der Waals surface area contributed by atoms with E-state index in [1.807, 2.05) is 59.5 Å². The Morgan fingerprint density at radius 2 is 1.49 bits per heavy atom. The van der Waals surface area contributed by atoms with Crippen LogP contribution in [0, 0.1) is 10.1 Å². The number of anilines is 1.